The molecule has 1 N–H and O–H groups in total. The average Bonchev–Trinajstić information content (AvgIpc) is 2.99. The molecule has 1 aromatic carbocycles. The summed E-state index contributed by atoms with van der Waals surface area (Å²) in [6.45, 7) is 2.67. The van der Waals surface area contributed by atoms with Crippen molar-refractivity contribution in [3.63, 3.8) is 0 Å². The number of carbonyl (C=O) groups excluding carboxylic acids is 3. The highest BCUT2D eigenvalue weighted by molar-refractivity contribution is 6.39. The number of benzene rings is 1. The predicted molar refractivity (Wildman–Crippen MR) is 85.5 cm³/mol. The van der Waals surface area contributed by atoms with Crippen LogP contribution >= 0.6 is 0 Å². The molecule has 4 amide bonds. The molecule has 2 heterocycles. The van der Waals surface area contributed by atoms with Crippen LogP contribution in [0.15, 0.2) is 54.2 Å². The molecule has 0 bridgehead atoms. The highest BCUT2D eigenvalue weighted by atomic mass is 16.2. The maximum absolute atomic E-state index is 12.6. The van der Waals surface area contributed by atoms with Gasteiger partial charge in [-0.15, -0.1) is 0 Å². The maximum atomic E-state index is 12.6. The highest BCUT2D eigenvalue weighted by Gasteiger charge is 2.36. The van der Waals surface area contributed by atoms with E-state index in [0.717, 1.165) is 10.6 Å². The fraction of sp³-hybridized carbons (Fsp3) is 0.118. The molecular formula is C17H15N3O3. The number of barbiturate groups is 1. The number of hydrogen-bond acceptors (Lipinski definition) is 3. The predicted octanol–water partition coefficient (Wildman–Crippen LogP) is 2.17. The molecule has 1 fully saturated rings. The summed E-state index contributed by atoms with van der Waals surface area (Å²) in [6, 6.07) is 11.4. The van der Waals surface area contributed by atoms with Gasteiger partial charge < -0.3 is 4.57 Å². The Kier molecular flexibility index (Phi) is 3.80. The lowest BCUT2D eigenvalue weighted by molar-refractivity contribution is -0.122. The molecule has 1 aliphatic rings. The van der Waals surface area contributed by atoms with Gasteiger partial charge in [0.25, 0.3) is 11.8 Å². The summed E-state index contributed by atoms with van der Waals surface area (Å²) in [5.41, 5.74) is 1.08. The number of urea groups is 1. The van der Waals surface area contributed by atoms with E-state index in [1.54, 1.807) is 36.4 Å². The summed E-state index contributed by atoms with van der Waals surface area (Å²) in [5, 5.41) is 2.21. The van der Waals surface area contributed by atoms with E-state index in [9.17, 15) is 14.4 Å². The Bertz CT molecular complexity index is 806. The summed E-state index contributed by atoms with van der Waals surface area (Å²) < 4.78 is 1.90. The fourth-order valence-corrected chi connectivity index (χ4v) is 2.46. The van der Waals surface area contributed by atoms with Crippen molar-refractivity contribution < 1.29 is 14.4 Å². The van der Waals surface area contributed by atoms with Crippen molar-refractivity contribution >= 4 is 29.6 Å². The van der Waals surface area contributed by atoms with Gasteiger partial charge in [-0.25, -0.2) is 9.69 Å². The van der Waals surface area contributed by atoms with E-state index in [1.807, 2.05) is 23.8 Å². The van der Waals surface area contributed by atoms with E-state index < -0.39 is 17.8 Å². The largest absolute Gasteiger partial charge is 0.348 e. The van der Waals surface area contributed by atoms with E-state index in [2.05, 4.69) is 5.32 Å². The molecule has 6 nitrogen and oxygen atoms in total. The number of carbonyl (C=O) groups is 3. The molecule has 3 rings (SSSR count). The second-order valence-electron chi connectivity index (χ2n) is 5.01. The number of nitrogens with zero attached hydrogens (tertiary/aromatic N) is 2. The van der Waals surface area contributed by atoms with Gasteiger partial charge in [-0.3, -0.25) is 14.9 Å². The zero-order valence-electron chi connectivity index (χ0n) is 12.5. The van der Waals surface area contributed by atoms with Crippen molar-refractivity contribution in [3.05, 3.63) is 59.9 Å². The SMILES string of the molecule is CCn1cccc1/C=C1\C(=O)NC(=O)N(c2ccccc2)C1=O. The van der Waals surface area contributed by atoms with Gasteiger partial charge in [0.2, 0.25) is 0 Å². The van der Waals surface area contributed by atoms with Crippen LogP contribution in [0.4, 0.5) is 10.5 Å². The van der Waals surface area contributed by atoms with Crippen LogP contribution in [0.2, 0.25) is 0 Å². The third kappa shape index (κ3) is 2.66. The highest BCUT2D eigenvalue weighted by Crippen LogP contribution is 2.21. The number of rotatable bonds is 3. The van der Waals surface area contributed by atoms with E-state index in [-0.39, 0.29) is 5.57 Å². The molecule has 0 spiro atoms. The van der Waals surface area contributed by atoms with Crippen LogP contribution < -0.4 is 10.2 Å². The molecule has 0 atom stereocenters. The van der Waals surface area contributed by atoms with Gasteiger partial charge in [-0.2, -0.15) is 0 Å². The first-order valence-corrected chi connectivity index (χ1v) is 7.23. The minimum atomic E-state index is -0.741. The van der Waals surface area contributed by atoms with Crippen molar-refractivity contribution in [3.8, 4) is 0 Å². The number of hydrogen-bond donors (Lipinski definition) is 1. The Hall–Kier alpha value is -3.15. The number of aromatic nitrogens is 1. The Labute approximate surface area is 133 Å². The van der Waals surface area contributed by atoms with Crippen LogP contribution in [0.25, 0.3) is 6.08 Å². The van der Waals surface area contributed by atoms with E-state index in [0.29, 0.717) is 12.2 Å². The molecule has 0 saturated carbocycles. The van der Waals surface area contributed by atoms with Crippen molar-refractivity contribution in [2.75, 3.05) is 4.90 Å². The summed E-state index contributed by atoms with van der Waals surface area (Å²) >= 11 is 0. The molecule has 23 heavy (non-hydrogen) atoms. The Morgan fingerprint density at radius 1 is 1.04 bits per heavy atom. The van der Waals surface area contributed by atoms with Gasteiger partial charge in [-0.05, 0) is 37.3 Å². The van der Waals surface area contributed by atoms with Crippen LogP contribution in [0.1, 0.15) is 12.6 Å². The molecule has 0 radical (unpaired) electrons. The number of nitrogens with one attached hydrogen (secondary N) is 1. The zero-order valence-corrected chi connectivity index (χ0v) is 12.5. The summed E-state index contributed by atoms with van der Waals surface area (Å²) in [5.74, 6) is -1.31. The number of amides is 4. The molecule has 2 aromatic rings. The molecular weight excluding hydrogens is 294 g/mol. The third-order valence-corrected chi connectivity index (χ3v) is 3.61. The van der Waals surface area contributed by atoms with Crippen LogP contribution in [-0.2, 0) is 16.1 Å². The first-order valence-electron chi connectivity index (χ1n) is 7.23. The van der Waals surface area contributed by atoms with Crippen LogP contribution in [0, 0.1) is 0 Å². The van der Waals surface area contributed by atoms with E-state index in [1.165, 1.54) is 6.08 Å². The lowest BCUT2D eigenvalue weighted by atomic mass is 10.1. The zero-order chi connectivity index (χ0) is 16.4. The van der Waals surface area contributed by atoms with Crippen LogP contribution in [-0.4, -0.2) is 22.4 Å². The molecule has 1 aromatic heterocycles. The minimum Gasteiger partial charge on any atom is -0.348 e. The quantitative estimate of drug-likeness (QED) is 0.698. The molecule has 116 valence electrons. The maximum Gasteiger partial charge on any atom is 0.335 e. The van der Waals surface area contributed by atoms with Crippen LogP contribution in [0.5, 0.6) is 0 Å². The Balaban J connectivity index is 2.02. The van der Waals surface area contributed by atoms with Gasteiger partial charge in [0.05, 0.1) is 5.69 Å². The van der Waals surface area contributed by atoms with Gasteiger partial charge in [0, 0.05) is 18.4 Å². The van der Waals surface area contributed by atoms with Gasteiger partial charge in [0.1, 0.15) is 5.57 Å². The normalized spacial score (nSPS) is 16.8. The molecule has 1 saturated heterocycles. The lowest BCUT2D eigenvalue weighted by Gasteiger charge is -2.26. The third-order valence-electron chi connectivity index (χ3n) is 3.61. The van der Waals surface area contributed by atoms with Gasteiger partial charge in [0.15, 0.2) is 0 Å². The van der Waals surface area contributed by atoms with Crippen molar-refractivity contribution in [1.82, 2.24) is 9.88 Å². The molecule has 1 aliphatic heterocycles. The van der Waals surface area contributed by atoms with Gasteiger partial charge >= 0.3 is 6.03 Å². The average molecular weight is 309 g/mol. The van der Waals surface area contributed by atoms with Gasteiger partial charge in [-0.1, -0.05) is 18.2 Å². The summed E-state index contributed by atoms with van der Waals surface area (Å²) in [4.78, 5) is 37.7. The number of anilines is 1. The first kappa shape index (κ1) is 14.8. The second kappa shape index (κ2) is 5.92. The lowest BCUT2D eigenvalue weighted by Crippen LogP contribution is -2.54. The topological polar surface area (TPSA) is 71.4 Å². The second-order valence-corrected chi connectivity index (χ2v) is 5.01. The number of imide groups is 2. The summed E-state index contributed by atoms with van der Waals surface area (Å²) in [6.07, 6.45) is 3.36. The summed E-state index contributed by atoms with van der Waals surface area (Å²) in [7, 11) is 0. The number of para-hydroxylation sites is 1. The van der Waals surface area contributed by atoms with E-state index >= 15 is 0 Å². The molecule has 6 heteroatoms. The van der Waals surface area contributed by atoms with E-state index in [4.69, 9.17) is 0 Å². The monoisotopic (exact) mass is 309 g/mol. The standard InChI is InChI=1S/C17H15N3O3/c1-2-19-10-6-9-13(19)11-14-15(21)18-17(23)20(16(14)22)12-7-4-3-5-8-12/h3-11H,2H2,1H3,(H,18,21,23)/b14-11+. The fourth-order valence-electron chi connectivity index (χ4n) is 2.46. The van der Waals surface area contributed by atoms with Crippen molar-refractivity contribution in [2.24, 2.45) is 0 Å². The Morgan fingerprint density at radius 2 is 1.78 bits per heavy atom. The first-order chi connectivity index (χ1) is 11.1. The van der Waals surface area contributed by atoms with Crippen molar-refractivity contribution in [2.45, 2.75) is 13.5 Å². The van der Waals surface area contributed by atoms with Crippen LogP contribution in [0.3, 0.4) is 0 Å². The smallest absolute Gasteiger partial charge is 0.335 e. The number of aryl methyl sites for hydroxylation is 1. The minimum absolute atomic E-state index is 0.0677. The Morgan fingerprint density at radius 3 is 2.48 bits per heavy atom. The van der Waals surface area contributed by atoms with Crippen molar-refractivity contribution in [1.29, 1.82) is 0 Å². The molecule has 0 unspecified atom stereocenters. The molecule has 0 aliphatic carbocycles.